The molecule has 0 radical (unpaired) electrons. The Bertz CT molecular complexity index is 515. The maximum absolute atomic E-state index is 4.16. The maximum atomic E-state index is 4.16. The van der Waals surface area contributed by atoms with Crippen molar-refractivity contribution in [3.8, 4) is 0 Å². The van der Waals surface area contributed by atoms with Gasteiger partial charge in [0.1, 0.15) is 0 Å². The predicted molar refractivity (Wildman–Crippen MR) is 91.8 cm³/mol. The monoisotopic (exact) mass is 266 g/mol. The summed E-state index contributed by atoms with van der Waals surface area (Å²) in [4.78, 5) is 0. The van der Waals surface area contributed by atoms with Crippen LogP contribution in [0.3, 0.4) is 0 Å². The van der Waals surface area contributed by atoms with Gasteiger partial charge in [-0.2, -0.15) is 0 Å². The van der Waals surface area contributed by atoms with E-state index in [0.29, 0.717) is 11.8 Å². The van der Waals surface area contributed by atoms with Gasteiger partial charge in [-0.15, -0.1) is 0 Å². The average molecular weight is 266 g/mol. The second-order valence-corrected chi connectivity index (χ2v) is 5.72. The zero-order valence-electron chi connectivity index (χ0n) is 13.0. The summed E-state index contributed by atoms with van der Waals surface area (Å²) < 4.78 is 0. The number of hydrogen-bond acceptors (Lipinski definition) is 0. The molecule has 0 saturated carbocycles. The molecule has 1 atom stereocenters. The fourth-order valence-electron chi connectivity index (χ4n) is 2.44. The normalized spacial score (nSPS) is 13.1. The van der Waals surface area contributed by atoms with E-state index < -0.39 is 0 Å². The molecule has 0 aromatic heterocycles. The Morgan fingerprint density at radius 3 is 2.45 bits per heavy atom. The van der Waals surface area contributed by atoms with Crippen molar-refractivity contribution in [2.75, 3.05) is 0 Å². The van der Waals surface area contributed by atoms with E-state index >= 15 is 0 Å². The number of allylic oxidation sites excluding steroid dienone is 5. The Labute approximate surface area is 124 Å². The van der Waals surface area contributed by atoms with Gasteiger partial charge < -0.3 is 0 Å². The minimum absolute atomic E-state index is 0.421. The molecule has 0 aliphatic carbocycles. The van der Waals surface area contributed by atoms with Gasteiger partial charge in [0.05, 0.1) is 0 Å². The van der Waals surface area contributed by atoms with E-state index in [2.05, 4.69) is 64.8 Å². The van der Waals surface area contributed by atoms with Crippen molar-refractivity contribution in [2.45, 2.75) is 33.1 Å². The predicted octanol–water partition coefficient (Wildman–Crippen LogP) is 6.15. The number of hydrogen-bond donors (Lipinski definition) is 0. The van der Waals surface area contributed by atoms with Crippen LogP contribution in [0.4, 0.5) is 0 Å². The first-order valence-corrected chi connectivity index (χ1v) is 7.20. The lowest BCUT2D eigenvalue weighted by Gasteiger charge is -2.20. The van der Waals surface area contributed by atoms with Crippen LogP contribution in [-0.2, 0) is 0 Å². The molecule has 0 amide bonds. The van der Waals surface area contributed by atoms with Gasteiger partial charge in [-0.05, 0) is 36.0 Å². The van der Waals surface area contributed by atoms with Gasteiger partial charge in [0.2, 0.25) is 0 Å². The highest BCUT2D eigenvalue weighted by Gasteiger charge is 2.14. The Kier molecular flexibility index (Phi) is 6.24. The van der Waals surface area contributed by atoms with Crippen LogP contribution in [-0.4, -0.2) is 0 Å². The van der Waals surface area contributed by atoms with Gasteiger partial charge in [-0.1, -0.05) is 81.7 Å². The lowest BCUT2D eigenvalue weighted by molar-refractivity contribution is 0.537. The summed E-state index contributed by atoms with van der Waals surface area (Å²) in [5, 5.41) is 0. The topological polar surface area (TPSA) is 0 Å². The Morgan fingerprint density at radius 1 is 1.25 bits per heavy atom. The molecule has 20 heavy (non-hydrogen) atoms. The molecule has 0 bridgehead atoms. The van der Waals surface area contributed by atoms with Gasteiger partial charge >= 0.3 is 0 Å². The smallest absolute Gasteiger partial charge is 0.00453 e. The number of rotatable bonds is 7. The fourth-order valence-corrected chi connectivity index (χ4v) is 2.44. The van der Waals surface area contributed by atoms with Crippen molar-refractivity contribution in [2.24, 2.45) is 5.92 Å². The van der Waals surface area contributed by atoms with Crippen molar-refractivity contribution in [3.05, 3.63) is 78.9 Å². The van der Waals surface area contributed by atoms with Crippen LogP contribution in [0.15, 0.2) is 67.8 Å². The largest absolute Gasteiger partial charge is 0.0995 e. The third-order valence-electron chi connectivity index (χ3n) is 3.44. The molecule has 0 heteroatoms. The summed E-state index contributed by atoms with van der Waals surface area (Å²) in [5.74, 6) is 1.08. The Balaban J connectivity index is 3.19. The highest BCUT2D eigenvalue weighted by Crippen LogP contribution is 2.31. The molecule has 0 fully saturated rings. The quantitative estimate of drug-likeness (QED) is 0.410. The lowest BCUT2D eigenvalue weighted by Crippen LogP contribution is -2.04. The van der Waals surface area contributed by atoms with Gasteiger partial charge in [-0.3, -0.25) is 0 Å². The van der Waals surface area contributed by atoms with Crippen molar-refractivity contribution < 1.29 is 0 Å². The van der Waals surface area contributed by atoms with Crippen molar-refractivity contribution in [1.82, 2.24) is 0 Å². The van der Waals surface area contributed by atoms with Crippen molar-refractivity contribution in [1.29, 1.82) is 0 Å². The molecule has 0 aliphatic rings. The van der Waals surface area contributed by atoms with E-state index in [-0.39, 0.29) is 0 Å². The van der Waals surface area contributed by atoms with Crippen LogP contribution in [0, 0.1) is 5.92 Å². The summed E-state index contributed by atoms with van der Waals surface area (Å²) in [7, 11) is 0. The van der Waals surface area contributed by atoms with Crippen LogP contribution in [0.25, 0.3) is 5.57 Å². The molecule has 1 aromatic carbocycles. The highest BCUT2D eigenvalue weighted by atomic mass is 14.2. The molecule has 0 N–H and O–H groups in total. The second kappa shape index (κ2) is 7.69. The second-order valence-electron chi connectivity index (χ2n) is 5.72. The van der Waals surface area contributed by atoms with Crippen LogP contribution < -0.4 is 0 Å². The molecule has 0 aliphatic heterocycles. The standard InChI is InChI=1S/C20H26/c1-7-10-17(8-2)18-11-9-12-19(14-18)20(16(5)6)13-15(3)4/h7-12,14-15,20H,1-2,5,13H2,3-4,6H3/b17-10+. The van der Waals surface area contributed by atoms with E-state index in [4.69, 9.17) is 0 Å². The van der Waals surface area contributed by atoms with Gasteiger partial charge in [0.25, 0.3) is 0 Å². The first-order valence-electron chi connectivity index (χ1n) is 7.20. The van der Waals surface area contributed by atoms with E-state index in [1.165, 1.54) is 16.7 Å². The minimum atomic E-state index is 0.421. The summed E-state index contributed by atoms with van der Waals surface area (Å²) in [6, 6.07) is 8.67. The molecule has 0 heterocycles. The zero-order valence-corrected chi connectivity index (χ0v) is 13.0. The zero-order chi connectivity index (χ0) is 15.1. The van der Waals surface area contributed by atoms with Crippen LogP contribution in [0.2, 0.25) is 0 Å². The van der Waals surface area contributed by atoms with Crippen LogP contribution >= 0.6 is 0 Å². The third-order valence-corrected chi connectivity index (χ3v) is 3.44. The van der Waals surface area contributed by atoms with Crippen LogP contribution in [0.5, 0.6) is 0 Å². The van der Waals surface area contributed by atoms with Crippen molar-refractivity contribution in [3.63, 3.8) is 0 Å². The summed E-state index contributed by atoms with van der Waals surface area (Å²) in [6.07, 6.45) is 6.80. The van der Waals surface area contributed by atoms with Gasteiger partial charge in [0, 0.05) is 5.92 Å². The number of benzene rings is 1. The maximum Gasteiger partial charge on any atom is 0.00453 e. The van der Waals surface area contributed by atoms with E-state index in [1.54, 1.807) is 6.08 Å². The minimum Gasteiger partial charge on any atom is -0.0995 e. The molecular formula is C20H26. The molecule has 1 unspecified atom stereocenters. The summed E-state index contributed by atoms with van der Waals surface area (Å²) in [6.45, 7) is 18.4. The molecule has 0 nitrogen and oxygen atoms in total. The average Bonchev–Trinajstić information content (AvgIpc) is 2.41. The van der Waals surface area contributed by atoms with E-state index in [1.807, 2.05) is 12.2 Å². The molecule has 1 rings (SSSR count). The van der Waals surface area contributed by atoms with Gasteiger partial charge in [-0.25, -0.2) is 0 Å². The summed E-state index contributed by atoms with van der Waals surface area (Å²) in [5.41, 5.74) is 4.85. The Hall–Kier alpha value is -1.82. The van der Waals surface area contributed by atoms with Crippen LogP contribution in [0.1, 0.15) is 44.2 Å². The first-order chi connectivity index (χ1) is 9.49. The fraction of sp³-hybridized carbons (Fsp3) is 0.300. The lowest BCUT2D eigenvalue weighted by atomic mass is 9.84. The van der Waals surface area contributed by atoms with E-state index in [0.717, 1.165) is 12.0 Å². The summed E-state index contributed by atoms with van der Waals surface area (Å²) >= 11 is 0. The molecular weight excluding hydrogens is 240 g/mol. The highest BCUT2D eigenvalue weighted by molar-refractivity contribution is 5.75. The SMILES string of the molecule is C=C/C=C(\C=C)c1cccc(C(CC(C)C)C(=C)C)c1. The van der Waals surface area contributed by atoms with Crippen molar-refractivity contribution >= 4 is 5.57 Å². The molecule has 1 aromatic rings. The molecule has 0 spiro atoms. The first kappa shape index (κ1) is 16.2. The third kappa shape index (κ3) is 4.38. The molecule has 0 saturated heterocycles. The van der Waals surface area contributed by atoms with E-state index in [9.17, 15) is 0 Å². The molecule has 106 valence electrons. The van der Waals surface area contributed by atoms with Gasteiger partial charge in [0.15, 0.2) is 0 Å². The Morgan fingerprint density at radius 2 is 1.95 bits per heavy atom.